The summed E-state index contributed by atoms with van der Waals surface area (Å²) in [5.74, 6) is -0.299. The summed E-state index contributed by atoms with van der Waals surface area (Å²) >= 11 is 11.8. The molecule has 8 heteroatoms. The zero-order chi connectivity index (χ0) is 19.4. The molecule has 2 aromatic carbocycles. The third-order valence-electron chi connectivity index (χ3n) is 4.53. The first-order chi connectivity index (χ1) is 12.9. The van der Waals surface area contributed by atoms with Gasteiger partial charge in [-0.25, -0.2) is 8.42 Å². The SMILES string of the molecule is O=C(NCc1cccc(Cl)c1)[C@H]1CCCCN1S(=O)(=O)c1ccc(Cl)cc1. The highest BCUT2D eigenvalue weighted by Gasteiger charge is 2.37. The van der Waals surface area contributed by atoms with Crippen molar-refractivity contribution >= 4 is 39.1 Å². The van der Waals surface area contributed by atoms with Crippen molar-refractivity contribution in [2.24, 2.45) is 0 Å². The van der Waals surface area contributed by atoms with Gasteiger partial charge >= 0.3 is 0 Å². The summed E-state index contributed by atoms with van der Waals surface area (Å²) in [7, 11) is -3.77. The summed E-state index contributed by atoms with van der Waals surface area (Å²) in [4.78, 5) is 12.9. The van der Waals surface area contributed by atoms with E-state index in [4.69, 9.17) is 23.2 Å². The highest BCUT2D eigenvalue weighted by atomic mass is 35.5. The van der Waals surface area contributed by atoms with Gasteiger partial charge in [0.1, 0.15) is 6.04 Å². The Hall–Kier alpha value is -1.60. The average Bonchev–Trinajstić information content (AvgIpc) is 2.66. The summed E-state index contributed by atoms with van der Waals surface area (Å²) < 4.78 is 27.3. The van der Waals surface area contributed by atoms with Gasteiger partial charge in [-0.1, -0.05) is 41.8 Å². The molecule has 0 aliphatic carbocycles. The Labute approximate surface area is 169 Å². The largest absolute Gasteiger partial charge is 0.351 e. The fourth-order valence-corrected chi connectivity index (χ4v) is 5.15. The number of piperidine rings is 1. The first-order valence-electron chi connectivity index (χ1n) is 8.67. The fourth-order valence-electron chi connectivity index (χ4n) is 3.15. The molecule has 1 aliphatic heterocycles. The van der Waals surface area contributed by atoms with Crippen molar-refractivity contribution in [3.8, 4) is 0 Å². The molecule has 0 aromatic heterocycles. The Morgan fingerprint density at radius 3 is 2.52 bits per heavy atom. The smallest absolute Gasteiger partial charge is 0.243 e. The lowest BCUT2D eigenvalue weighted by Gasteiger charge is -2.33. The van der Waals surface area contributed by atoms with Crippen LogP contribution in [0.15, 0.2) is 53.4 Å². The topological polar surface area (TPSA) is 66.5 Å². The number of hydrogen-bond donors (Lipinski definition) is 1. The van der Waals surface area contributed by atoms with Crippen LogP contribution in [-0.4, -0.2) is 31.2 Å². The van der Waals surface area contributed by atoms with Crippen LogP contribution in [0.4, 0.5) is 0 Å². The van der Waals surface area contributed by atoms with Crippen molar-refractivity contribution in [2.75, 3.05) is 6.54 Å². The van der Waals surface area contributed by atoms with Crippen molar-refractivity contribution < 1.29 is 13.2 Å². The minimum Gasteiger partial charge on any atom is -0.351 e. The molecule has 1 amide bonds. The number of benzene rings is 2. The first kappa shape index (κ1) is 20.1. The predicted octanol–water partition coefficient (Wildman–Crippen LogP) is 3.85. The van der Waals surface area contributed by atoms with Crippen molar-refractivity contribution in [3.63, 3.8) is 0 Å². The predicted molar refractivity (Wildman–Crippen MR) is 106 cm³/mol. The lowest BCUT2D eigenvalue weighted by molar-refractivity contribution is -0.125. The molecule has 2 aromatic rings. The summed E-state index contributed by atoms with van der Waals surface area (Å²) in [6.07, 6.45) is 2.03. The molecule has 0 bridgehead atoms. The minimum absolute atomic E-state index is 0.140. The van der Waals surface area contributed by atoms with E-state index >= 15 is 0 Å². The number of halogens is 2. The Morgan fingerprint density at radius 2 is 1.81 bits per heavy atom. The molecule has 1 atom stereocenters. The minimum atomic E-state index is -3.77. The van der Waals surface area contributed by atoms with Gasteiger partial charge in [-0.05, 0) is 54.8 Å². The number of sulfonamides is 1. The second-order valence-electron chi connectivity index (χ2n) is 6.43. The third kappa shape index (κ3) is 4.82. The number of carbonyl (C=O) groups excluding carboxylic acids is 1. The normalized spacial score (nSPS) is 18.2. The molecule has 1 N–H and O–H groups in total. The summed E-state index contributed by atoms with van der Waals surface area (Å²) in [6, 6.07) is 12.5. The third-order valence-corrected chi connectivity index (χ3v) is 6.94. The van der Waals surface area contributed by atoms with E-state index in [1.165, 1.54) is 28.6 Å². The van der Waals surface area contributed by atoms with Crippen LogP contribution in [0.5, 0.6) is 0 Å². The zero-order valence-corrected chi connectivity index (χ0v) is 16.9. The van der Waals surface area contributed by atoms with E-state index < -0.39 is 16.1 Å². The molecule has 27 heavy (non-hydrogen) atoms. The molecule has 0 radical (unpaired) electrons. The molecular formula is C19H20Cl2N2O3S. The van der Waals surface area contributed by atoms with Gasteiger partial charge in [-0.2, -0.15) is 4.31 Å². The zero-order valence-electron chi connectivity index (χ0n) is 14.6. The molecule has 144 valence electrons. The Morgan fingerprint density at radius 1 is 1.07 bits per heavy atom. The summed E-state index contributed by atoms with van der Waals surface area (Å²) in [6.45, 7) is 0.616. The van der Waals surface area contributed by atoms with E-state index in [1.54, 1.807) is 12.1 Å². The maximum atomic E-state index is 13.0. The summed E-state index contributed by atoms with van der Waals surface area (Å²) in [5.41, 5.74) is 0.860. The summed E-state index contributed by atoms with van der Waals surface area (Å²) in [5, 5.41) is 3.88. The van der Waals surface area contributed by atoms with Crippen LogP contribution in [0.2, 0.25) is 10.0 Å². The number of carbonyl (C=O) groups is 1. The molecule has 1 fully saturated rings. The molecule has 1 aliphatic rings. The van der Waals surface area contributed by atoms with E-state index in [-0.39, 0.29) is 10.8 Å². The van der Waals surface area contributed by atoms with Crippen LogP contribution < -0.4 is 5.32 Å². The monoisotopic (exact) mass is 426 g/mol. The Kier molecular flexibility index (Phi) is 6.42. The second-order valence-corrected chi connectivity index (χ2v) is 9.19. The van der Waals surface area contributed by atoms with Crippen LogP contribution in [-0.2, 0) is 21.4 Å². The van der Waals surface area contributed by atoms with Gasteiger partial charge in [0.15, 0.2) is 0 Å². The van der Waals surface area contributed by atoms with Crippen LogP contribution >= 0.6 is 23.2 Å². The van der Waals surface area contributed by atoms with E-state index in [0.29, 0.717) is 29.6 Å². The van der Waals surface area contributed by atoms with Crippen LogP contribution in [0, 0.1) is 0 Å². The molecular weight excluding hydrogens is 407 g/mol. The van der Waals surface area contributed by atoms with E-state index in [2.05, 4.69) is 5.32 Å². The van der Waals surface area contributed by atoms with Crippen molar-refractivity contribution in [1.29, 1.82) is 0 Å². The highest BCUT2D eigenvalue weighted by Crippen LogP contribution is 2.26. The number of amides is 1. The van der Waals surface area contributed by atoms with Crippen LogP contribution in [0.25, 0.3) is 0 Å². The second kappa shape index (κ2) is 8.61. The number of rotatable bonds is 5. The number of nitrogens with one attached hydrogen (secondary N) is 1. The molecule has 1 heterocycles. The van der Waals surface area contributed by atoms with Gasteiger partial charge in [-0.15, -0.1) is 0 Å². The van der Waals surface area contributed by atoms with Crippen LogP contribution in [0.3, 0.4) is 0 Å². The molecule has 0 unspecified atom stereocenters. The van der Waals surface area contributed by atoms with E-state index in [0.717, 1.165) is 18.4 Å². The van der Waals surface area contributed by atoms with Crippen LogP contribution in [0.1, 0.15) is 24.8 Å². The lowest BCUT2D eigenvalue weighted by atomic mass is 10.0. The number of hydrogen-bond acceptors (Lipinski definition) is 3. The average molecular weight is 427 g/mol. The first-order valence-corrected chi connectivity index (χ1v) is 10.9. The van der Waals surface area contributed by atoms with Gasteiger partial charge < -0.3 is 5.32 Å². The maximum Gasteiger partial charge on any atom is 0.243 e. The fraction of sp³-hybridized carbons (Fsp3) is 0.316. The van der Waals surface area contributed by atoms with Gasteiger partial charge in [-0.3, -0.25) is 4.79 Å². The standard InChI is InChI=1S/C19H20Cl2N2O3S/c20-15-7-9-17(10-8-15)27(25,26)23-11-2-1-6-18(23)19(24)22-13-14-4-3-5-16(21)12-14/h3-5,7-10,12,18H,1-2,6,11,13H2,(H,22,24)/t18-/m1/s1. The quantitative estimate of drug-likeness (QED) is 0.788. The van der Waals surface area contributed by atoms with Crippen molar-refractivity contribution in [2.45, 2.75) is 36.7 Å². The highest BCUT2D eigenvalue weighted by molar-refractivity contribution is 7.89. The van der Waals surface area contributed by atoms with Crippen molar-refractivity contribution in [3.05, 3.63) is 64.1 Å². The van der Waals surface area contributed by atoms with Gasteiger partial charge in [0.2, 0.25) is 15.9 Å². The molecule has 1 saturated heterocycles. The maximum absolute atomic E-state index is 13.0. The number of nitrogens with zero attached hydrogens (tertiary/aromatic N) is 1. The molecule has 0 spiro atoms. The Bertz CT molecular complexity index is 917. The van der Waals surface area contributed by atoms with Gasteiger partial charge in [0.25, 0.3) is 0 Å². The lowest BCUT2D eigenvalue weighted by Crippen LogP contribution is -2.51. The Balaban J connectivity index is 1.76. The van der Waals surface area contributed by atoms with Crippen molar-refractivity contribution in [1.82, 2.24) is 9.62 Å². The molecule has 0 saturated carbocycles. The molecule has 5 nitrogen and oxygen atoms in total. The van der Waals surface area contributed by atoms with Gasteiger partial charge in [0, 0.05) is 23.1 Å². The van der Waals surface area contributed by atoms with E-state index in [9.17, 15) is 13.2 Å². The van der Waals surface area contributed by atoms with Gasteiger partial charge in [0.05, 0.1) is 4.90 Å². The molecule has 3 rings (SSSR count). The van der Waals surface area contributed by atoms with E-state index in [1.807, 2.05) is 12.1 Å².